The zero-order valence-corrected chi connectivity index (χ0v) is 9.58. The lowest BCUT2D eigenvalue weighted by molar-refractivity contribution is -0.124. The topological polar surface area (TPSA) is 46.1 Å². The van der Waals surface area contributed by atoms with Crippen LogP contribution in [0.4, 0.5) is 0 Å². The van der Waals surface area contributed by atoms with Crippen LogP contribution in [0.3, 0.4) is 0 Å². The van der Waals surface area contributed by atoms with Gasteiger partial charge in [-0.3, -0.25) is 4.79 Å². The molecule has 0 aliphatic rings. The molecule has 0 aliphatic carbocycles. The van der Waals surface area contributed by atoms with Gasteiger partial charge in [0.05, 0.1) is 6.54 Å². The van der Waals surface area contributed by atoms with Gasteiger partial charge in [0.2, 0.25) is 5.91 Å². The van der Waals surface area contributed by atoms with Gasteiger partial charge < -0.3 is 15.2 Å². The van der Waals surface area contributed by atoms with Gasteiger partial charge in [-0.2, -0.15) is 0 Å². The Morgan fingerprint density at radius 3 is 2.87 bits per heavy atom. The quantitative estimate of drug-likeness (QED) is 0.741. The fourth-order valence-electron chi connectivity index (χ4n) is 1.43. The third kappa shape index (κ3) is 3.40. The second kappa shape index (κ2) is 5.56. The molecule has 4 heteroatoms. The van der Waals surface area contributed by atoms with Crippen molar-refractivity contribution in [1.82, 2.24) is 15.2 Å². The second-order valence-corrected chi connectivity index (χ2v) is 3.79. The molecule has 1 heterocycles. The lowest BCUT2D eigenvalue weighted by atomic mass is 10.1. The van der Waals surface area contributed by atoms with Crippen molar-refractivity contribution >= 4 is 5.91 Å². The molecule has 0 saturated heterocycles. The fourth-order valence-corrected chi connectivity index (χ4v) is 1.43. The van der Waals surface area contributed by atoms with Crippen molar-refractivity contribution in [2.75, 3.05) is 13.6 Å². The molecule has 0 aliphatic heterocycles. The van der Waals surface area contributed by atoms with E-state index in [-0.39, 0.29) is 11.8 Å². The molecule has 1 rings (SSSR count). The van der Waals surface area contributed by atoms with Crippen LogP contribution in [0.1, 0.15) is 12.6 Å². The first-order valence-electron chi connectivity index (χ1n) is 5.17. The van der Waals surface area contributed by atoms with Crippen LogP contribution in [0.5, 0.6) is 0 Å². The average molecular weight is 209 g/mol. The van der Waals surface area contributed by atoms with Gasteiger partial charge in [0.15, 0.2) is 0 Å². The summed E-state index contributed by atoms with van der Waals surface area (Å²) in [7, 11) is 3.82. The van der Waals surface area contributed by atoms with Crippen molar-refractivity contribution in [2.45, 2.75) is 13.5 Å². The number of rotatable bonds is 5. The summed E-state index contributed by atoms with van der Waals surface area (Å²) in [6, 6.07) is 3.97. The van der Waals surface area contributed by atoms with Crippen molar-refractivity contribution in [1.29, 1.82) is 0 Å². The van der Waals surface area contributed by atoms with Crippen LogP contribution in [0.2, 0.25) is 0 Å². The third-order valence-corrected chi connectivity index (χ3v) is 2.45. The molecule has 0 aromatic carbocycles. The van der Waals surface area contributed by atoms with Gasteiger partial charge in [-0.1, -0.05) is 6.92 Å². The number of aromatic nitrogens is 1. The van der Waals surface area contributed by atoms with Gasteiger partial charge in [-0.25, -0.2) is 0 Å². The van der Waals surface area contributed by atoms with Crippen molar-refractivity contribution in [2.24, 2.45) is 13.0 Å². The van der Waals surface area contributed by atoms with Crippen LogP contribution in [0, 0.1) is 5.92 Å². The van der Waals surface area contributed by atoms with E-state index in [1.165, 1.54) is 0 Å². The molecule has 0 spiro atoms. The van der Waals surface area contributed by atoms with Crippen LogP contribution in [0.25, 0.3) is 0 Å². The molecule has 0 bridgehead atoms. The predicted molar refractivity (Wildman–Crippen MR) is 60.4 cm³/mol. The van der Waals surface area contributed by atoms with E-state index in [1.807, 2.05) is 43.9 Å². The Labute approximate surface area is 90.7 Å². The highest BCUT2D eigenvalue weighted by Gasteiger charge is 2.11. The zero-order valence-electron chi connectivity index (χ0n) is 9.58. The van der Waals surface area contributed by atoms with Gasteiger partial charge in [-0.15, -0.1) is 0 Å². The smallest absolute Gasteiger partial charge is 0.224 e. The van der Waals surface area contributed by atoms with E-state index in [0.717, 1.165) is 5.69 Å². The van der Waals surface area contributed by atoms with Gasteiger partial charge in [0, 0.05) is 31.4 Å². The van der Waals surface area contributed by atoms with Crippen LogP contribution >= 0.6 is 0 Å². The number of nitrogens with one attached hydrogen (secondary N) is 2. The number of hydrogen-bond donors (Lipinski definition) is 2. The Balaban J connectivity index is 2.37. The monoisotopic (exact) mass is 209 g/mol. The Morgan fingerprint density at radius 1 is 1.60 bits per heavy atom. The molecule has 1 aromatic heterocycles. The van der Waals surface area contributed by atoms with Crippen LogP contribution in [-0.4, -0.2) is 24.1 Å². The number of nitrogens with zero attached hydrogens (tertiary/aromatic N) is 1. The summed E-state index contributed by atoms with van der Waals surface area (Å²) in [6.07, 6.45) is 1.97. The molecule has 4 nitrogen and oxygen atoms in total. The van der Waals surface area contributed by atoms with E-state index in [0.29, 0.717) is 13.1 Å². The van der Waals surface area contributed by atoms with Crippen LogP contribution in [0.15, 0.2) is 18.3 Å². The van der Waals surface area contributed by atoms with Crippen LogP contribution < -0.4 is 10.6 Å². The summed E-state index contributed by atoms with van der Waals surface area (Å²) in [5, 5.41) is 5.90. The summed E-state index contributed by atoms with van der Waals surface area (Å²) in [6.45, 7) is 3.21. The van der Waals surface area contributed by atoms with E-state index >= 15 is 0 Å². The van der Waals surface area contributed by atoms with Crippen molar-refractivity contribution in [3.63, 3.8) is 0 Å². The molecule has 1 atom stereocenters. The Hall–Kier alpha value is -1.29. The number of carbonyl (C=O) groups is 1. The maximum atomic E-state index is 11.6. The zero-order chi connectivity index (χ0) is 11.3. The number of hydrogen-bond acceptors (Lipinski definition) is 2. The molecule has 2 N–H and O–H groups in total. The Bertz CT molecular complexity index is 319. The number of amides is 1. The third-order valence-electron chi connectivity index (χ3n) is 2.45. The predicted octanol–water partition coefficient (Wildman–Crippen LogP) is 0.497. The molecule has 0 saturated carbocycles. The molecule has 1 unspecified atom stereocenters. The normalized spacial score (nSPS) is 12.5. The Kier molecular flexibility index (Phi) is 4.37. The molecule has 1 aromatic rings. The first-order chi connectivity index (χ1) is 7.15. The Morgan fingerprint density at radius 2 is 2.33 bits per heavy atom. The standard InChI is InChI=1S/C11H19N3O/c1-9(7-12-2)11(15)13-8-10-5-4-6-14(10)3/h4-6,9,12H,7-8H2,1-3H3,(H,13,15). The molecule has 0 fully saturated rings. The van der Waals surface area contributed by atoms with Crippen LogP contribution in [-0.2, 0) is 18.4 Å². The highest BCUT2D eigenvalue weighted by atomic mass is 16.1. The minimum absolute atomic E-state index is 0.00951. The fraction of sp³-hybridized carbons (Fsp3) is 0.545. The summed E-state index contributed by atoms with van der Waals surface area (Å²) in [4.78, 5) is 11.6. The SMILES string of the molecule is CNCC(C)C(=O)NCc1cccn1C. The lowest BCUT2D eigenvalue weighted by Crippen LogP contribution is -2.34. The summed E-state index contributed by atoms with van der Waals surface area (Å²) in [5.41, 5.74) is 1.11. The molecule has 84 valence electrons. The van der Waals surface area contributed by atoms with Gasteiger partial charge in [0.1, 0.15) is 0 Å². The van der Waals surface area contributed by atoms with Crippen molar-refractivity contribution in [3.8, 4) is 0 Å². The summed E-state index contributed by atoms with van der Waals surface area (Å²) >= 11 is 0. The largest absolute Gasteiger partial charge is 0.353 e. The number of aryl methyl sites for hydroxylation is 1. The van der Waals surface area contributed by atoms with E-state index in [9.17, 15) is 4.79 Å². The average Bonchev–Trinajstić information content (AvgIpc) is 2.61. The summed E-state index contributed by atoms with van der Waals surface area (Å²) in [5.74, 6) is 0.0980. The van der Waals surface area contributed by atoms with Gasteiger partial charge in [-0.05, 0) is 19.2 Å². The van der Waals surface area contributed by atoms with E-state index in [4.69, 9.17) is 0 Å². The molecular formula is C11H19N3O. The minimum Gasteiger partial charge on any atom is -0.353 e. The highest BCUT2D eigenvalue weighted by molar-refractivity contribution is 5.78. The lowest BCUT2D eigenvalue weighted by Gasteiger charge is -2.11. The summed E-state index contributed by atoms with van der Waals surface area (Å²) < 4.78 is 2.00. The second-order valence-electron chi connectivity index (χ2n) is 3.79. The van der Waals surface area contributed by atoms with E-state index in [1.54, 1.807) is 0 Å². The van der Waals surface area contributed by atoms with E-state index < -0.39 is 0 Å². The van der Waals surface area contributed by atoms with Gasteiger partial charge in [0.25, 0.3) is 0 Å². The minimum atomic E-state index is 0.00951. The first-order valence-corrected chi connectivity index (χ1v) is 5.17. The maximum absolute atomic E-state index is 11.6. The highest BCUT2D eigenvalue weighted by Crippen LogP contribution is 1.99. The van der Waals surface area contributed by atoms with Gasteiger partial charge >= 0.3 is 0 Å². The number of carbonyl (C=O) groups excluding carboxylic acids is 1. The maximum Gasteiger partial charge on any atom is 0.224 e. The van der Waals surface area contributed by atoms with Crippen molar-refractivity contribution in [3.05, 3.63) is 24.0 Å². The molecular weight excluding hydrogens is 190 g/mol. The first kappa shape index (κ1) is 11.8. The molecule has 0 radical (unpaired) electrons. The molecule has 1 amide bonds. The molecule has 15 heavy (non-hydrogen) atoms. The van der Waals surface area contributed by atoms with E-state index in [2.05, 4.69) is 10.6 Å². The van der Waals surface area contributed by atoms with Crippen molar-refractivity contribution < 1.29 is 4.79 Å².